The summed E-state index contributed by atoms with van der Waals surface area (Å²) in [7, 11) is 0. The van der Waals surface area contributed by atoms with Gasteiger partial charge in [0.15, 0.2) is 0 Å². The van der Waals surface area contributed by atoms with Crippen molar-refractivity contribution in [2.75, 3.05) is 11.5 Å². The summed E-state index contributed by atoms with van der Waals surface area (Å²) in [6.45, 7) is 2.52. The van der Waals surface area contributed by atoms with Gasteiger partial charge in [0, 0.05) is 4.90 Å². The fourth-order valence-electron chi connectivity index (χ4n) is 3.26. The van der Waals surface area contributed by atoms with Gasteiger partial charge in [-0.25, -0.2) is 4.90 Å². The number of anilines is 1. The molecule has 4 rings (SSSR count). The van der Waals surface area contributed by atoms with E-state index in [1.165, 1.54) is 16.7 Å². The number of rotatable bonds is 7. The maximum Gasteiger partial charge on any atom is 0.273 e. The van der Waals surface area contributed by atoms with E-state index in [1.54, 1.807) is 18.2 Å². The number of thioether (sulfide) groups is 1. The Labute approximate surface area is 180 Å². The smallest absolute Gasteiger partial charge is 0.273 e. The third kappa shape index (κ3) is 3.89. The summed E-state index contributed by atoms with van der Waals surface area (Å²) in [6, 6.07) is 26.1. The Balaban J connectivity index is 1.79. The van der Waals surface area contributed by atoms with Crippen LogP contribution in [0.2, 0.25) is 0 Å². The van der Waals surface area contributed by atoms with Crippen LogP contribution in [-0.4, -0.2) is 18.4 Å². The van der Waals surface area contributed by atoms with Crippen LogP contribution in [-0.2, 0) is 9.59 Å². The molecule has 150 valence electrons. The molecule has 0 spiro atoms. The number of benzene rings is 3. The summed E-state index contributed by atoms with van der Waals surface area (Å²) in [5.74, 6) is -0.142. The van der Waals surface area contributed by atoms with Crippen molar-refractivity contribution in [1.29, 1.82) is 0 Å². The standard InChI is InChI=1S/C25H21NO3S/c1-2-17-29-21-16-10-9-15-20(21)26-24(27)22(18-11-5-3-6-12-18)23(25(26)28)30-19-13-7-4-8-14-19/h3-16H,2,17H2,1H3. The van der Waals surface area contributed by atoms with Gasteiger partial charge in [-0.15, -0.1) is 0 Å². The molecule has 0 bridgehead atoms. The Bertz CT molecular complexity index is 1090. The van der Waals surface area contributed by atoms with Crippen LogP contribution < -0.4 is 9.64 Å². The van der Waals surface area contributed by atoms with Crippen LogP contribution in [0.3, 0.4) is 0 Å². The van der Waals surface area contributed by atoms with Gasteiger partial charge in [-0.1, -0.05) is 79.3 Å². The second kappa shape index (κ2) is 9.01. The zero-order chi connectivity index (χ0) is 20.9. The molecule has 3 aromatic rings. The maximum atomic E-state index is 13.5. The van der Waals surface area contributed by atoms with Gasteiger partial charge in [-0.05, 0) is 36.2 Å². The van der Waals surface area contributed by atoms with E-state index >= 15 is 0 Å². The lowest BCUT2D eigenvalue weighted by atomic mass is 10.1. The molecule has 0 saturated carbocycles. The molecule has 30 heavy (non-hydrogen) atoms. The van der Waals surface area contributed by atoms with Gasteiger partial charge in [0.05, 0.1) is 22.8 Å². The molecule has 4 nitrogen and oxygen atoms in total. The van der Waals surface area contributed by atoms with Crippen molar-refractivity contribution in [3.8, 4) is 5.75 Å². The number of amides is 2. The molecular weight excluding hydrogens is 394 g/mol. The zero-order valence-electron chi connectivity index (χ0n) is 16.6. The van der Waals surface area contributed by atoms with Gasteiger partial charge >= 0.3 is 0 Å². The third-order valence-corrected chi connectivity index (χ3v) is 5.73. The molecule has 2 amide bonds. The molecule has 0 aliphatic carbocycles. The summed E-state index contributed by atoms with van der Waals surface area (Å²) in [4.78, 5) is 29.6. The van der Waals surface area contributed by atoms with E-state index in [0.29, 0.717) is 28.5 Å². The average molecular weight is 416 g/mol. The number of nitrogens with zero attached hydrogens (tertiary/aromatic N) is 1. The molecule has 3 aromatic carbocycles. The van der Waals surface area contributed by atoms with Crippen molar-refractivity contribution in [2.24, 2.45) is 0 Å². The van der Waals surface area contributed by atoms with E-state index in [9.17, 15) is 9.59 Å². The van der Waals surface area contributed by atoms with Crippen LogP contribution in [0.1, 0.15) is 18.9 Å². The Morgan fingerprint density at radius 1 is 0.800 bits per heavy atom. The lowest BCUT2D eigenvalue weighted by Crippen LogP contribution is -2.31. The van der Waals surface area contributed by atoms with E-state index in [2.05, 4.69) is 0 Å². The van der Waals surface area contributed by atoms with Crippen LogP contribution in [0.4, 0.5) is 5.69 Å². The van der Waals surface area contributed by atoms with E-state index < -0.39 is 0 Å². The van der Waals surface area contributed by atoms with Crippen molar-refractivity contribution in [3.05, 3.63) is 95.4 Å². The number of imide groups is 1. The molecular formula is C25H21NO3S. The minimum atomic E-state index is -0.336. The highest BCUT2D eigenvalue weighted by Gasteiger charge is 2.41. The summed E-state index contributed by atoms with van der Waals surface area (Å²) < 4.78 is 5.82. The lowest BCUT2D eigenvalue weighted by molar-refractivity contribution is -0.119. The Hall–Kier alpha value is -3.31. The second-order valence-electron chi connectivity index (χ2n) is 6.75. The first-order valence-corrected chi connectivity index (χ1v) is 10.7. The van der Waals surface area contributed by atoms with Crippen molar-refractivity contribution in [1.82, 2.24) is 0 Å². The Morgan fingerprint density at radius 3 is 2.13 bits per heavy atom. The summed E-state index contributed by atoms with van der Waals surface area (Å²) >= 11 is 1.31. The third-order valence-electron chi connectivity index (χ3n) is 4.63. The van der Waals surface area contributed by atoms with Gasteiger partial charge in [0.25, 0.3) is 11.8 Å². The fourth-order valence-corrected chi connectivity index (χ4v) is 4.28. The quantitative estimate of drug-likeness (QED) is 0.475. The minimum absolute atomic E-state index is 0.333. The average Bonchev–Trinajstić information content (AvgIpc) is 3.03. The van der Waals surface area contributed by atoms with Gasteiger partial charge in [-0.2, -0.15) is 0 Å². The Morgan fingerprint density at radius 2 is 1.43 bits per heavy atom. The number of ether oxygens (including phenoxy) is 1. The van der Waals surface area contributed by atoms with Gasteiger partial charge in [0.2, 0.25) is 0 Å². The van der Waals surface area contributed by atoms with Crippen molar-refractivity contribution in [3.63, 3.8) is 0 Å². The van der Waals surface area contributed by atoms with Crippen LogP contribution in [0.5, 0.6) is 5.75 Å². The zero-order valence-corrected chi connectivity index (χ0v) is 17.4. The van der Waals surface area contributed by atoms with E-state index in [4.69, 9.17) is 4.74 Å². The van der Waals surface area contributed by atoms with Crippen LogP contribution in [0, 0.1) is 0 Å². The van der Waals surface area contributed by atoms with Crippen LogP contribution >= 0.6 is 11.8 Å². The van der Waals surface area contributed by atoms with Crippen LogP contribution in [0.25, 0.3) is 5.57 Å². The minimum Gasteiger partial charge on any atom is -0.491 e. The van der Waals surface area contributed by atoms with E-state index in [1.807, 2.05) is 73.7 Å². The lowest BCUT2D eigenvalue weighted by Gasteiger charge is -2.19. The fraction of sp³-hybridized carbons (Fsp3) is 0.120. The number of carbonyl (C=O) groups is 2. The van der Waals surface area contributed by atoms with E-state index in [-0.39, 0.29) is 11.8 Å². The molecule has 5 heteroatoms. The molecule has 1 aliphatic rings. The van der Waals surface area contributed by atoms with Gasteiger partial charge in [0.1, 0.15) is 5.75 Å². The molecule has 0 aromatic heterocycles. The highest BCUT2D eigenvalue weighted by Crippen LogP contribution is 2.43. The molecule has 0 fully saturated rings. The topological polar surface area (TPSA) is 46.6 Å². The number of carbonyl (C=O) groups excluding carboxylic acids is 2. The van der Waals surface area contributed by atoms with E-state index in [0.717, 1.165) is 16.9 Å². The second-order valence-corrected chi connectivity index (χ2v) is 7.83. The first kappa shape index (κ1) is 20.0. The summed E-state index contributed by atoms with van der Waals surface area (Å²) in [6.07, 6.45) is 0.832. The normalized spacial score (nSPS) is 13.8. The van der Waals surface area contributed by atoms with Gasteiger partial charge < -0.3 is 4.74 Å². The molecule has 1 heterocycles. The predicted octanol–water partition coefficient (Wildman–Crippen LogP) is 5.55. The van der Waals surface area contributed by atoms with Crippen molar-refractivity contribution in [2.45, 2.75) is 18.2 Å². The van der Waals surface area contributed by atoms with Crippen LogP contribution in [0.15, 0.2) is 94.7 Å². The maximum absolute atomic E-state index is 13.5. The summed E-state index contributed by atoms with van der Waals surface area (Å²) in [5.41, 5.74) is 1.61. The summed E-state index contributed by atoms with van der Waals surface area (Å²) in [5, 5.41) is 0. The van der Waals surface area contributed by atoms with Gasteiger partial charge in [-0.3, -0.25) is 9.59 Å². The SMILES string of the molecule is CCCOc1ccccc1N1C(=O)C(Sc2ccccc2)=C(c2ccccc2)C1=O. The molecule has 0 N–H and O–H groups in total. The number of hydrogen-bond donors (Lipinski definition) is 0. The van der Waals surface area contributed by atoms with Crippen molar-refractivity contribution >= 4 is 34.8 Å². The monoisotopic (exact) mass is 415 g/mol. The largest absolute Gasteiger partial charge is 0.491 e. The number of hydrogen-bond acceptors (Lipinski definition) is 4. The number of para-hydroxylation sites is 2. The van der Waals surface area contributed by atoms with Crippen molar-refractivity contribution < 1.29 is 14.3 Å². The highest BCUT2D eigenvalue weighted by atomic mass is 32.2. The molecule has 0 radical (unpaired) electrons. The molecule has 0 unspecified atom stereocenters. The molecule has 1 aliphatic heterocycles. The first-order valence-electron chi connectivity index (χ1n) is 9.84. The predicted molar refractivity (Wildman–Crippen MR) is 120 cm³/mol. The highest BCUT2D eigenvalue weighted by molar-refractivity contribution is 8.04. The first-order chi connectivity index (χ1) is 14.7. The Kier molecular flexibility index (Phi) is 6.00. The molecule has 0 atom stereocenters. The molecule has 0 saturated heterocycles.